The van der Waals surface area contributed by atoms with Crippen molar-refractivity contribution in [2.75, 3.05) is 13.1 Å². The molecule has 2 atom stereocenters. The number of piperidine rings is 1. The number of benzene rings is 1. The number of aromatic nitrogens is 2. The van der Waals surface area contributed by atoms with E-state index in [2.05, 4.69) is 22.0 Å². The maximum Gasteiger partial charge on any atom is 0.247 e. The summed E-state index contributed by atoms with van der Waals surface area (Å²) in [5, 5.41) is 18.2. The molecule has 1 aliphatic heterocycles. The second-order valence-corrected chi connectivity index (χ2v) is 5.94. The van der Waals surface area contributed by atoms with Gasteiger partial charge in [-0.25, -0.2) is 0 Å². The predicted octanol–water partition coefficient (Wildman–Crippen LogP) is 2.25. The average molecular weight is 287 g/mol. The molecule has 5 nitrogen and oxygen atoms in total. The van der Waals surface area contributed by atoms with Gasteiger partial charge in [-0.05, 0) is 37.9 Å². The normalized spacial score (nSPS) is 23.4. The van der Waals surface area contributed by atoms with Gasteiger partial charge in [-0.15, -0.1) is 10.2 Å². The Balaban J connectivity index is 1.68. The van der Waals surface area contributed by atoms with Crippen molar-refractivity contribution in [3.63, 3.8) is 0 Å². The maximum absolute atomic E-state index is 9.93. The molecule has 112 valence electrons. The maximum atomic E-state index is 9.93. The molecule has 0 radical (unpaired) electrons. The molecule has 0 amide bonds. The number of likely N-dealkylation sites (tertiary alicyclic amines) is 1. The summed E-state index contributed by atoms with van der Waals surface area (Å²) >= 11 is 0. The van der Waals surface area contributed by atoms with Crippen LogP contribution in [-0.4, -0.2) is 39.4 Å². The van der Waals surface area contributed by atoms with E-state index in [9.17, 15) is 5.11 Å². The fourth-order valence-corrected chi connectivity index (χ4v) is 2.66. The minimum Gasteiger partial charge on any atom is -0.419 e. The molecular formula is C16H21N3O2. The van der Waals surface area contributed by atoms with E-state index in [1.807, 2.05) is 31.2 Å². The summed E-state index contributed by atoms with van der Waals surface area (Å²) in [6.45, 7) is 6.36. The van der Waals surface area contributed by atoms with Crippen LogP contribution in [-0.2, 0) is 6.54 Å². The number of aliphatic hydroxyl groups is 1. The van der Waals surface area contributed by atoms with Gasteiger partial charge in [0.2, 0.25) is 11.8 Å². The molecular weight excluding hydrogens is 266 g/mol. The third-order valence-electron chi connectivity index (χ3n) is 4.09. The van der Waals surface area contributed by atoms with Gasteiger partial charge in [-0.1, -0.05) is 24.6 Å². The SMILES string of the molecule is Cc1cccc(-c2nnc(CN3CCC(C)C(O)C3)o2)c1. The highest BCUT2D eigenvalue weighted by Crippen LogP contribution is 2.21. The van der Waals surface area contributed by atoms with Crippen LogP contribution >= 0.6 is 0 Å². The third kappa shape index (κ3) is 3.31. The Labute approximate surface area is 124 Å². The lowest BCUT2D eigenvalue weighted by molar-refractivity contribution is 0.0228. The molecule has 1 saturated heterocycles. The van der Waals surface area contributed by atoms with Crippen LogP contribution in [0.15, 0.2) is 28.7 Å². The standard InChI is InChI=1S/C16H21N3O2/c1-11-4-3-5-13(8-11)16-18-17-15(21-16)10-19-7-6-12(2)14(20)9-19/h3-5,8,12,14,20H,6-7,9-10H2,1-2H3. The van der Waals surface area contributed by atoms with Gasteiger partial charge in [0, 0.05) is 12.1 Å². The van der Waals surface area contributed by atoms with Crippen molar-refractivity contribution in [2.45, 2.75) is 32.9 Å². The summed E-state index contributed by atoms with van der Waals surface area (Å²) in [7, 11) is 0. The van der Waals surface area contributed by atoms with Gasteiger partial charge in [0.05, 0.1) is 12.6 Å². The quantitative estimate of drug-likeness (QED) is 0.938. The number of rotatable bonds is 3. The number of hydrogen-bond acceptors (Lipinski definition) is 5. The molecule has 1 aliphatic rings. The van der Waals surface area contributed by atoms with E-state index in [0.29, 0.717) is 30.8 Å². The molecule has 1 N–H and O–H groups in total. The van der Waals surface area contributed by atoms with E-state index in [0.717, 1.165) is 18.5 Å². The summed E-state index contributed by atoms with van der Waals surface area (Å²) in [6, 6.07) is 8.02. The lowest BCUT2D eigenvalue weighted by Gasteiger charge is -2.33. The average Bonchev–Trinajstić information content (AvgIpc) is 2.91. The van der Waals surface area contributed by atoms with Gasteiger partial charge in [0.1, 0.15) is 0 Å². The van der Waals surface area contributed by atoms with E-state index < -0.39 is 0 Å². The van der Waals surface area contributed by atoms with Crippen LogP contribution in [0.25, 0.3) is 11.5 Å². The van der Waals surface area contributed by atoms with E-state index >= 15 is 0 Å². The van der Waals surface area contributed by atoms with E-state index in [1.54, 1.807) is 0 Å². The van der Waals surface area contributed by atoms with Crippen molar-refractivity contribution in [2.24, 2.45) is 5.92 Å². The van der Waals surface area contributed by atoms with Crippen LogP contribution in [0.4, 0.5) is 0 Å². The summed E-state index contributed by atoms with van der Waals surface area (Å²) < 4.78 is 5.74. The summed E-state index contributed by atoms with van der Waals surface area (Å²) in [5.74, 6) is 1.53. The second kappa shape index (κ2) is 5.95. The number of hydrogen-bond donors (Lipinski definition) is 1. The highest BCUT2D eigenvalue weighted by Gasteiger charge is 2.25. The first-order valence-corrected chi connectivity index (χ1v) is 7.41. The van der Waals surface area contributed by atoms with Gasteiger partial charge < -0.3 is 9.52 Å². The monoisotopic (exact) mass is 287 g/mol. The van der Waals surface area contributed by atoms with Crippen LogP contribution in [0.3, 0.4) is 0 Å². The van der Waals surface area contributed by atoms with Crippen molar-refractivity contribution in [3.8, 4) is 11.5 Å². The zero-order valence-corrected chi connectivity index (χ0v) is 12.5. The molecule has 1 fully saturated rings. The lowest BCUT2D eigenvalue weighted by atomic mass is 9.96. The molecule has 5 heteroatoms. The number of aliphatic hydroxyl groups excluding tert-OH is 1. The molecule has 1 aromatic heterocycles. The predicted molar refractivity (Wildman–Crippen MR) is 79.5 cm³/mol. The number of nitrogens with zero attached hydrogens (tertiary/aromatic N) is 3. The van der Waals surface area contributed by atoms with Crippen LogP contribution in [0.1, 0.15) is 24.8 Å². The van der Waals surface area contributed by atoms with Crippen molar-refractivity contribution in [1.29, 1.82) is 0 Å². The Morgan fingerprint density at radius 2 is 2.24 bits per heavy atom. The largest absolute Gasteiger partial charge is 0.419 e. The van der Waals surface area contributed by atoms with E-state index in [4.69, 9.17) is 4.42 Å². The Kier molecular flexibility index (Phi) is 4.03. The minimum absolute atomic E-state index is 0.266. The Morgan fingerprint density at radius 3 is 3.00 bits per heavy atom. The lowest BCUT2D eigenvalue weighted by Crippen LogP contribution is -2.42. The molecule has 2 unspecified atom stereocenters. The van der Waals surface area contributed by atoms with Crippen LogP contribution in [0.5, 0.6) is 0 Å². The fraction of sp³-hybridized carbons (Fsp3) is 0.500. The molecule has 1 aromatic carbocycles. The number of aryl methyl sites for hydroxylation is 1. The van der Waals surface area contributed by atoms with Crippen molar-refractivity contribution in [3.05, 3.63) is 35.7 Å². The fourth-order valence-electron chi connectivity index (χ4n) is 2.66. The van der Waals surface area contributed by atoms with Gasteiger partial charge >= 0.3 is 0 Å². The molecule has 2 heterocycles. The van der Waals surface area contributed by atoms with Crippen molar-refractivity contribution < 1.29 is 9.52 Å². The van der Waals surface area contributed by atoms with Crippen molar-refractivity contribution >= 4 is 0 Å². The first-order chi connectivity index (χ1) is 10.1. The Bertz CT molecular complexity index is 611. The van der Waals surface area contributed by atoms with E-state index in [-0.39, 0.29) is 6.10 Å². The summed E-state index contributed by atoms with van der Waals surface area (Å²) in [5.41, 5.74) is 2.11. The van der Waals surface area contributed by atoms with Crippen LogP contribution < -0.4 is 0 Å². The Hall–Kier alpha value is -1.72. The second-order valence-electron chi connectivity index (χ2n) is 5.94. The molecule has 3 rings (SSSR count). The van der Waals surface area contributed by atoms with E-state index in [1.165, 1.54) is 5.56 Å². The van der Waals surface area contributed by atoms with Gasteiger partial charge in [0.25, 0.3) is 0 Å². The highest BCUT2D eigenvalue weighted by atomic mass is 16.4. The first-order valence-electron chi connectivity index (χ1n) is 7.41. The van der Waals surface area contributed by atoms with Gasteiger partial charge in [-0.2, -0.15) is 0 Å². The zero-order valence-electron chi connectivity index (χ0n) is 12.5. The Morgan fingerprint density at radius 1 is 1.38 bits per heavy atom. The topological polar surface area (TPSA) is 62.4 Å². The number of β-amino-alcohol motifs (C(OH)–C–C–N with tert-alkyl or cyclic N) is 1. The molecule has 21 heavy (non-hydrogen) atoms. The van der Waals surface area contributed by atoms with Gasteiger partial charge in [0.15, 0.2) is 0 Å². The molecule has 0 bridgehead atoms. The molecule has 0 aliphatic carbocycles. The summed E-state index contributed by atoms with van der Waals surface area (Å²) in [4.78, 5) is 2.16. The van der Waals surface area contributed by atoms with Gasteiger partial charge in [-0.3, -0.25) is 4.90 Å². The zero-order chi connectivity index (χ0) is 14.8. The smallest absolute Gasteiger partial charge is 0.247 e. The van der Waals surface area contributed by atoms with Crippen molar-refractivity contribution in [1.82, 2.24) is 15.1 Å². The third-order valence-corrected chi connectivity index (χ3v) is 4.09. The van der Waals surface area contributed by atoms with Crippen LogP contribution in [0.2, 0.25) is 0 Å². The molecule has 0 saturated carbocycles. The van der Waals surface area contributed by atoms with Crippen LogP contribution in [0, 0.1) is 12.8 Å². The molecule has 2 aromatic rings. The minimum atomic E-state index is -0.266. The summed E-state index contributed by atoms with van der Waals surface area (Å²) in [6.07, 6.45) is 0.734. The highest BCUT2D eigenvalue weighted by molar-refractivity contribution is 5.53. The molecule has 0 spiro atoms. The first kappa shape index (κ1) is 14.2.